The summed E-state index contributed by atoms with van der Waals surface area (Å²) >= 11 is 0. The highest BCUT2D eigenvalue weighted by Crippen LogP contribution is 2.26. The third kappa shape index (κ3) is 3.38. The highest BCUT2D eigenvalue weighted by atomic mass is 19.4. The van der Waals surface area contributed by atoms with E-state index in [0.717, 1.165) is 12.8 Å². The van der Waals surface area contributed by atoms with Gasteiger partial charge in [-0.3, -0.25) is 0 Å². The van der Waals surface area contributed by atoms with E-state index < -0.39 is 12.0 Å². The molecule has 0 radical (unpaired) electrons. The lowest BCUT2D eigenvalue weighted by atomic mass is 10.2. The Morgan fingerprint density at radius 1 is 1.33 bits per heavy atom. The van der Waals surface area contributed by atoms with E-state index >= 15 is 0 Å². The van der Waals surface area contributed by atoms with E-state index in [4.69, 9.17) is 5.73 Å². The number of anilines is 1. The maximum Gasteiger partial charge on any atom is 0.451 e. The molecule has 0 bridgehead atoms. The van der Waals surface area contributed by atoms with Gasteiger partial charge in [0, 0.05) is 11.8 Å². The van der Waals surface area contributed by atoms with E-state index in [-0.39, 0.29) is 5.82 Å². The summed E-state index contributed by atoms with van der Waals surface area (Å²) in [5.41, 5.74) is 5.62. The van der Waals surface area contributed by atoms with Crippen molar-refractivity contribution in [2.45, 2.75) is 32.4 Å². The monoisotopic (exact) mass is 219 g/mol. The largest absolute Gasteiger partial charge is 0.451 e. The van der Waals surface area contributed by atoms with Crippen LogP contribution in [0.5, 0.6) is 0 Å². The zero-order valence-electron chi connectivity index (χ0n) is 8.30. The van der Waals surface area contributed by atoms with Crippen LogP contribution >= 0.6 is 0 Å². The second-order valence-corrected chi connectivity index (χ2v) is 3.21. The molecule has 1 rings (SSSR count). The van der Waals surface area contributed by atoms with Gasteiger partial charge in [-0.25, -0.2) is 9.97 Å². The van der Waals surface area contributed by atoms with Crippen molar-refractivity contribution in [3.05, 3.63) is 17.6 Å². The number of aryl methyl sites for hydroxylation is 1. The zero-order valence-corrected chi connectivity index (χ0v) is 8.30. The average molecular weight is 219 g/mol. The van der Waals surface area contributed by atoms with Crippen LogP contribution in [-0.2, 0) is 12.6 Å². The summed E-state index contributed by atoms with van der Waals surface area (Å²) in [4.78, 5) is 6.58. The molecule has 1 aromatic heterocycles. The number of alkyl halides is 3. The van der Waals surface area contributed by atoms with Gasteiger partial charge in [-0.15, -0.1) is 0 Å². The minimum Gasteiger partial charge on any atom is -0.384 e. The molecule has 0 aliphatic heterocycles. The molecule has 0 saturated heterocycles. The molecule has 0 aliphatic rings. The normalized spacial score (nSPS) is 11.7. The fourth-order valence-electron chi connectivity index (χ4n) is 1.13. The summed E-state index contributed by atoms with van der Waals surface area (Å²) in [6.07, 6.45) is -2.36. The van der Waals surface area contributed by atoms with Crippen molar-refractivity contribution in [2.24, 2.45) is 0 Å². The van der Waals surface area contributed by atoms with Crippen LogP contribution in [0.3, 0.4) is 0 Å². The SMILES string of the molecule is CCCCc1cc(N)nc(C(F)(F)F)n1. The van der Waals surface area contributed by atoms with Crippen LogP contribution < -0.4 is 5.73 Å². The molecule has 0 aromatic carbocycles. The Labute approximate surface area is 85.5 Å². The van der Waals surface area contributed by atoms with Gasteiger partial charge in [-0.05, 0) is 12.8 Å². The average Bonchev–Trinajstić information content (AvgIpc) is 2.12. The van der Waals surface area contributed by atoms with Crippen LogP contribution in [0, 0.1) is 0 Å². The maximum absolute atomic E-state index is 12.3. The third-order valence-corrected chi connectivity index (χ3v) is 1.84. The van der Waals surface area contributed by atoms with Gasteiger partial charge < -0.3 is 5.73 Å². The van der Waals surface area contributed by atoms with Gasteiger partial charge in [0.1, 0.15) is 5.82 Å². The molecule has 0 aliphatic carbocycles. The second-order valence-electron chi connectivity index (χ2n) is 3.21. The molecular formula is C9H12F3N3. The molecule has 2 N–H and O–H groups in total. The van der Waals surface area contributed by atoms with Gasteiger partial charge >= 0.3 is 6.18 Å². The van der Waals surface area contributed by atoms with Gasteiger partial charge in [0.25, 0.3) is 0 Å². The van der Waals surface area contributed by atoms with Crippen molar-refractivity contribution in [2.75, 3.05) is 5.73 Å². The van der Waals surface area contributed by atoms with Crippen LogP contribution in [0.1, 0.15) is 31.3 Å². The molecule has 0 spiro atoms. The predicted octanol–water partition coefficient (Wildman–Crippen LogP) is 2.42. The zero-order chi connectivity index (χ0) is 11.5. The van der Waals surface area contributed by atoms with Gasteiger partial charge in [0.2, 0.25) is 5.82 Å². The molecule has 0 atom stereocenters. The Balaban J connectivity index is 2.95. The quantitative estimate of drug-likeness (QED) is 0.849. The smallest absolute Gasteiger partial charge is 0.384 e. The number of halogens is 3. The molecule has 1 aromatic rings. The van der Waals surface area contributed by atoms with E-state index in [1.165, 1.54) is 6.07 Å². The molecule has 6 heteroatoms. The lowest BCUT2D eigenvalue weighted by molar-refractivity contribution is -0.145. The van der Waals surface area contributed by atoms with E-state index in [1.54, 1.807) is 0 Å². The first kappa shape index (κ1) is 11.7. The van der Waals surface area contributed by atoms with Crippen molar-refractivity contribution in [1.29, 1.82) is 0 Å². The van der Waals surface area contributed by atoms with E-state index in [9.17, 15) is 13.2 Å². The van der Waals surface area contributed by atoms with Crippen LogP contribution in [0.4, 0.5) is 19.0 Å². The van der Waals surface area contributed by atoms with Gasteiger partial charge in [0.15, 0.2) is 0 Å². The number of aromatic nitrogens is 2. The summed E-state index contributed by atoms with van der Waals surface area (Å²) in [5, 5.41) is 0. The Morgan fingerprint density at radius 3 is 2.53 bits per heavy atom. The Morgan fingerprint density at radius 2 is 2.00 bits per heavy atom. The van der Waals surface area contributed by atoms with E-state index in [0.29, 0.717) is 12.1 Å². The Bertz CT molecular complexity index is 336. The number of rotatable bonds is 3. The molecule has 84 valence electrons. The number of nitrogens with zero attached hydrogens (tertiary/aromatic N) is 2. The first-order valence-electron chi connectivity index (χ1n) is 4.64. The van der Waals surface area contributed by atoms with Crippen molar-refractivity contribution in [3.63, 3.8) is 0 Å². The van der Waals surface area contributed by atoms with Gasteiger partial charge in [-0.1, -0.05) is 13.3 Å². The number of hydrogen-bond acceptors (Lipinski definition) is 3. The fourth-order valence-corrected chi connectivity index (χ4v) is 1.13. The maximum atomic E-state index is 12.3. The Kier molecular flexibility index (Phi) is 3.49. The summed E-state index contributed by atoms with van der Waals surface area (Å²) in [6.45, 7) is 1.95. The van der Waals surface area contributed by atoms with Crippen LogP contribution in [-0.4, -0.2) is 9.97 Å². The van der Waals surface area contributed by atoms with Crippen LogP contribution in [0.15, 0.2) is 6.07 Å². The molecule has 0 fully saturated rings. The van der Waals surface area contributed by atoms with Gasteiger partial charge in [-0.2, -0.15) is 13.2 Å². The molecule has 0 amide bonds. The fraction of sp³-hybridized carbons (Fsp3) is 0.556. The molecule has 15 heavy (non-hydrogen) atoms. The minimum absolute atomic E-state index is 0.136. The van der Waals surface area contributed by atoms with Crippen LogP contribution in [0.25, 0.3) is 0 Å². The minimum atomic E-state index is -4.53. The van der Waals surface area contributed by atoms with Crippen LogP contribution in [0.2, 0.25) is 0 Å². The standard InChI is InChI=1S/C9H12F3N3/c1-2-3-4-6-5-7(13)15-8(14-6)9(10,11)12/h5H,2-4H2,1H3,(H2,13,14,15). The summed E-state index contributed by atoms with van der Waals surface area (Å²) in [7, 11) is 0. The molecule has 3 nitrogen and oxygen atoms in total. The number of nitrogen functional groups attached to an aromatic ring is 1. The van der Waals surface area contributed by atoms with Crippen molar-refractivity contribution in [1.82, 2.24) is 9.97 Å². The second kappa shape index (κ2) is 4.46. The van der Waals surface area contributed by atoms with Crippen molar-refractivity contribution < 1.29 is 13.2 Å². The lowest BCUT2D eigenvalue weighted by Gasteiger charge is -2.07. The first-order chi connectivity index (χ1) is 6.93. The molecule has 1 heterocycles. The Hall–Kier alpha value is -1.33. The van der Waals surface area contributed by atoms with E-state index in [2.05, 4.69) is 9.97 Å². The molecule has 0 saturated carbocycles. The molecule has 0 unspecified atom stereocenters. The summed E-state index contributed by atoms with van der Waals surface area (Å²) < 4.78 is 36.9. The van der Waals surface area contributed by atoms with E-state index in [1.807, 2.05) is 6.92 Å². The highest BCUT2D eigenvalue weighted by Gasteiger charge is 2.35. The molecular weight excluding hydrogens is 207 g/mol. The number of unbranched alkanes of at least 4 members (excludes halogenated alkanes) is 1. The summed E-state index contributed by atoms with van der Waals surface area (Å²) in [6, 6.07) is 1.38. The third-order valence-electron chi connectivity index (χ3n) is 1.84. The topological polar surface area (TPSA) is 51.8 Å². The number of hydrogen-bond donors (Lipinski definition) is 1. The lowest BCUT2D eigenvalue weighted by Crippen LogP contribution is -2.14. The summed E-state index contributed by atoms with van der Waals surface area (Å²) in [5.74, 6) is -1.29. The number of nitrogens with two attached hydrogens (primary N) is 1. The van der Waals surface area contributed by atoms with Crippen molar-refractivity contribution in [3.8, 4) is 0 Å². The van der Waals surface area contributed by atoms with Crippen molar-refractivity contribution >= 4 is 5.82 Å². The highest BCUT2D eigenvalue weighted by molar-refractivity contribution is 5.30. The predicted molar refractivity (Wildman–Crippen MR) is 50.1 cm³/mol. The first-order valence-corrected chi connectivity index (χ1v) is 4.64. The van der Waals surface area contributed by atoms with Gasteiger partial charge in [0.05, 0.1) is 0 Å².